The minimum absolute atomic E-state index is 0.166. The molecule has 1 aliphatic rings. The van der Waals surface area contributed by atoms with Gasteiger partial charge < -0.3 is 4.90 Å². The second-order valence-corrected chi connectivity index (χ2v) is 7.28. The van der Waals surface area contributed by atoms with E-state index in [1.165, 1.54) is 0 Å². The first-order valence-electron chi connectivity index (χ1n) is 6.96. The number of primary sulfonamides is 1. The average Bonchev–Trinajstić information content (AvgIpc) is 2.38. The third-order valence-electron chi connectivity index (χ3n) is 3.53. The summed E-state index contributed by atoms with van der Waals surface area (Å²) in [6.45, 7) is 9.65. The molecule has 0 aliphatic carbocycles. The highest BCUT2D eigenvalue weighted by Gasteiger charge is 2.18. The molecule has 5 nitrogen and oxygen atoms in total. The fourth-order valence-electron chi connectivity index (χ4n) is 2.55. The zero-order valence-corrected chi connectivity index (χ0v) is 12.9. The van der Waals surface area contributed by atoms with Gasteiger partial charge in [0.1, 0.15) is 0 Å². The lowest BCUT2D eigenvalue weighted by Crippen LogP contribution is -2.47. The number of nitrogens with zero attached hydrogens (tertiary/aromatic N) is 2. The fourth-order valence-corrected chi connectivity index (χ4v) is 3.07. The van der Waals surface area contributed by atoms with Crippen molar-refractivity contribution in [2.24, 2.45) is 11.1 Å². The monoisotopic (exact) mass is 297 g/mol. The van der Waals surface area contributed by atoms with Gasteiger partial charge in [0.2, 0.25) is 10.0 Å². The smallest absolute Gasteiger partial charge is 0.238 e. The van der Waals surface area contributed by atoms with Gasteiger partial charge in [-0.15, -0.1) is 0 Å². The van der Waals surface area contributed by atoms with Crippen molar-refractivity contribution in [3.05, 3.63) is 24.3 Å². The molecule has 0 saturated carbocycles. The Morgan fingerprint density at radius 3 is 2.10 bits per heavy atom. The van der Waals surface area contributed by atoms with Crippen LogP contribution in [0.4, 0.5) is 5.69 Å². The standard InChI is InChI=1S/C14H23N3O2S/c1-12(2)11-16-7-9-17(10-8-16)13-3-5-14(6-4-13)20(15,18)19/h3-6,12H,7-11H2,1-2H3,(H2,15,18,19). The molecular weight excluding hydrogens is 274 g/mol. The zero-order valence-electron chi connectivity index (χ0n) is 12.1. The van der Waals surface area contributed by atoms with E-state index in [9.17, 15) is 8.42 Å². The Labute approximate surface area is 121 Å². The first kappa shape index (κ1) is 15.3. The molecule has 0 unspecified atom stereocenters. The summed E-state index contributed by atoms with van der Waals surface area (Å²) in [5.74, 6) is 0.690. The highest BCUT2D eigenvalue weighted by molar-refractivity contribution is 7.89. The minimum Gasteiger partial charge on any atom is -0.369 e. The Balaban J connectivity index is 1.97. The van der Waals surface area contributed by atoms with Crippen LogP contribution < -0.4 is 10.0 Å². The van der Waals surface area contributed by atoms with Crippen LogP contribution in [-0.2, 0) is 10.0 Å². The third kappa shape index (κ3) is 3.94. The van der Waals surface area contributed by atoms with E-state index in [0.717, 1.165) is 38.4 Å². The molecule has 0 atom stereocenters. The first-order valence-corrected chi connectivity index (χ1v) is 8.51. The van der Waals surface area contributed by atoms with E-state index in [2.05, 4.69) is 23.6 Å². The van der Waals surface area contributed by atoms with Crippen LogP contribution in [0.2, 0.25) is 0 Å². The summed E-state index contributed by atoms with van der Waals surface area (Å²) < 4.78 is 22.4. The molecule has 1 fully saturated rings. The van der Waals surface area contributed by atoms with Gasteiger partial charge in [0.25, 0.3) is 0 Å². The molecule has 20 heavy (non-hydrogen) atoms. The summed E-state index contributed by atoms with van der Waals surface area (Å²) in [4.78, 5) is 4.92. The van der Waals surface area contributed by atoms with Gasteiger partial charge in [-0.3, -0.25) is 4.90 Å². The first-order chi connectivity index (χ1) is 9.36. The number of rotatable bonds is 4. The summed E-state index contributed by atoms with van der Waals surface area (Å²) in [5.41, 5.74) is 1.06. The van der Waals surface area contributed by atoms with Crippen molar-refractivity contribution in [3.63, 3.8) is 0 Å². The molecular formula is C14H23N3O2S. The maximum atomic E-state index is 11.2. The molecule has 0 radical (unpaired) electrons. The maximum absolute atomic E-state index is 11.2. The van der Waals surface area contributed by atoms with Crippen molar-refractivity contribution in [1.29, 1.82) is 0 Å². The number of anilines is 1. The van der Waals surface area contributed by atoms with Gasteiger partial charge in [0.05, 0.1) is 4.90 Å². The Morgan fingerprint density at radius 2 is 1.65 bits per heavy atom. The van der Waals surface area contributed by atoms with E-state index in [-0.39, 0.29) is 4.90 Å². The van der Waals surface area contributed by atoms with Gasteiger partial charge in [0.15, 0.2) is 0 Å². The molecule has 2 rings (SSSR count). The lowest BCUT2D eigenvalue weighted by molar-refractivity contribution is 0.231. The van der Waals surface area contributed by atoms with Crippen LogP contribution in [0, 0.1) is 5.92 Å². The lowest BCUT2D eigenvalue weighted by Gasteiger charge is -2.36. The molecule has 2 N–H and O–H groups in total. The highest BCUT2D eigenvalue weighted by Crippen LogP contribution is 2.19. The van der Waals surface area contributed by atoms with Crippen LogP contribution in [-0.4, -0.2) is 46.0 Å². The molecule has 0 spiro atoms. The van der Waals surface area contributed by atoms with Crippen molar-refractivity contribution >= 4 is 15.7 Å². The highest BCUT2D eigenvalue weighted by atomic mass is 32.2. The molecule has 1 aromatic rings. The molecule has 1 saturated heterocycles. The molecule has 6 heteroatoms. The van der Waals surface area contributed by atoms with E-state index >= 15 is 0 Å². The molecule has 1 aliphatic heterocycles. The molecule has 0 amide bonds. The largest absolute Gasteiger partial charge is 0.369 e. The Bertz CT molecular complexity index is 532. The van der Waals surface area contributed by atoms with E-state index in [1.807, 2.05) is 12.1 Å². The number of hydrogen-bond donors (Lipinski definition) is 1. The van der Waals surface area contributed by atoms with Crippen molar-refractivity contribution in [2.45, 2.75) is 18.7 Å². The van der Waals surface area contributed by atoms with E-state index in [1.54, 1.807) is 12.1 Å². The Kier molecular flexibility index (Phi) is 4.67. The van der Waals surface area contributed by atoms with Crippen LogP contribution in [0.1, 0.15) is 13.8 Å². The van der Waals surface area contributed by atoms with Crippen molar-refractivity contribution in [1.82, 2.24) is 4.90 Å². The number of hydrogen-bond acceptors (Lipinski definition) is 4. The van der Waals surface area contributed by atoms with Crippen LogP contribution in [0.25, 0.3) is 0 Å². The predicted molar refractivity (Wildman–Crippen MR) is 81.3 cm³/mol. The number of benzene rings is 1. The van der Waals surface area contributed by atoms with Crippen molar-refractivity contribution < 1.29 is 8.42 Å². The van der Waals surface area contributed by atoms with Crippen LogP contribution in [0.5, 0.6) is 0 Å². The van der Waals surface area contributed by atoms with Gasteiger partial charge >= 0.3 is 0 Å². The summed E-state index contributed by atoms with van der Waals surface area (Å²) >= 11 is 0. The van der Waals surface area contributed by atoms with Crippen LogP contribution >= 0.6 is 0 Å². The van der Waals surface area contributed by atoms with Crippen molar-refractivity contribution in [3.8, 4) is 0 Å². The van der Waals surface area contributed by atoms with E-state index < -0.39 is 10.0 Å². The normalized spacial score (nSPS) is 17.7. The number of nitrogens with two attached hydrogens (primary N) is 1. The predicted octanol–water partition coefficient (Wildman–Crippen LogP) is 1.11. The SMILES string of the molecule is CC(C)CN1CCN(c2ccc(S(N)(=O)=O)cc2)CC1. The molecule has 1 heterocycles. The summed E-state index contributed by atoms with van der Waals surface area (Å²) in [5, 5.41) is 5.10. The van der Waals surface area contributed by atoms with E-state index in [4.69, 9.17) is 5.14 Å². The molecule has 0 bridgehead atoms. The molecule has 1 aromatic carbocycles. The molecule has 0 aromatic heterocycles. The quantitative estimate of drug-likeness (QED) is 0.904. The van der Waals surface area contributed by atoms with Gasteiger partial charge in [-0.25, -0.2) is 13.6 Å². The Hall–Kier alpha value is -1.11. The van der Waals surface area contributed by atoms with Crippen LogP contribution in [0.3, 0.4) is 0 Å². The minimum atomic E-state index is -3.60. The summed E-state index contributed by atoms with van der Waals surface area (Å²) in [7, 11) is -3.60. The topological polar surface area (TPSA) is 66.6 Å². The summed E-state index contributed by atoms with van der Waals surface area (Å²) in [6.07, 6.45) is 0. The zero-order chi connectivity index (χ0) is 14.8. The van der Waals surface area contributed by atoms with Gasteiger partial charge in [0, 0.05) is 38.4 Å². The number of sulfonamides is 1. The lowest BCUT2D eigenvalue weighted by atomic mass is 10.2. The van der Waals surface area contributed by atoms with Crippen molar-refractivity contribution in [2.75, 3.05) is 37.6 Å². The number of piperazine rings is 1. The van der Waals surface area contributed by atoms with E-state index in [0.29, 0.717) is 5.92 Å². The Morgan fingerprint density at radius 1 is 1.10 bits per heavy atom. The average molecular weight is 297 g/mol. The summed E-state index contributed by atoms with van der Waals surface area (Å²) in [6, 6.07) is 6.81. The maximum Gasteiger partial charge on any atom is 0.238 e. The third-order valence-corrected chi connectivity index (χ3v) is 4.46. The second-order valence-electron chi connectivity index (χ2n) is 5.72. The van der Waals surface area contributed by atoms with Gasteiger partial charge in [-0.2, -0.15) is 0 Å². The fraction of sp³-hybridized carbons (Fsp3) is 0.571. The second kappa shape index (κ2) is 6.11. The van der Waals surface area contributed by atoms with Gasteiger partial charge in [-0.1, -0.05) is 13.8 Å². The molecule has 112 valence electrons. The van der Waals surface area contributed by atoms with Crippen LogP contribution in [0.15, 0.2) is 29.2 Å². The van der Waals surface area contributed by atoms with Gasteiger partial charge in [-0.05, 0) is 30.2 Å².